The van der Waals surface area contributed by atoms with Crippen molar-refractivity contribution in [3.8, 4) is 28.6 Å². The molecule has 1 aliphatic rings. The molecule has 1 aromatic carbocycles. The van der Waals surface area contributed by atoms with Gasteiger partial charge in [-0.1, -0.05) is 6.42 Å². The molecule has 0 unspecified atom stereocenters. The fourth-order valence-electron chi connectivity index (χ4n) is 3.44. The van der Waals surface area contributed by atoms with Crippen LogP contribution in [-0.4, -0.2) is 55.4 Å². The molecule has 1 saturated heterocycles. The van der Waals surface area contributed by atoms with Gasteiger partial charge in [0.1, 0.15) is 5.82 Å². The summed E-state index contributed by atoms with van der Waals surface area (Å²) in [7, 11) is 4.88. The van der Waals surface area contributed by atoms with Gasteiger partial charge in [-0.05, 0) is 38.1 Å². The zero-order valence-electron chi connectivity index (χ0n) is 15.3. The van der Waals surface area contributed by atoms with Crippen LogP contribution in [0, 0.1) is 0 Å². The largest absolute Gasteiger partial charge is 0.493 e. The van der Waals surface area contributed by atoms with Crippen molar-refractivity contribution in [2.24, 2.45) is 0 Å². The molecule has 0 bridgehead atoms. The van der Waals surface area contributed by atoms with Gasteiger partial charge in [-0.15, -0.1) is 0 Å². The minimum atomic E-state index is 0.591. The first-order valence-electron chi connectivity index (χ1n) is 8.81. The molecule has 1 aliphatic heterocycles. The maximum Gasteiger partial charge on any atom is 0.204 e. The second-order valence-electron chi connectivity index (χ2n) is 6.23. The summed E-state index contributed by atoms with van der Waals surface area (Å²) in [6, 6.07) is 3.86. The van der Waals surface area contributed by atoms with Crippen LogP contribution >= 0.6 is 0 Å². The molecule has 1 fully saturated rings. The zero-order chi connectivity index (χ0) is 17.6. The third-order valence-electron chi connectivity index (χ3n) is 4.77. The highest BCUT2D eigenvalue weighted by Gasteiger charge is 2.20. The maximum atomic E-state index is 5.61. The van der Waals surface area contributed by atoms with Crippen molar-refractivity contribution in [1.82, 2.24) is 14.5 Å². The number of methoxy groups -OCH3 is 3. The van der Waals surface area contributed by atoms with Crippen molar-refractivity contribution in [3.63, 3.8) is 0 Å². The quantitative estimate of drug-likeness (QED) is 0.772. The summed E-state index contributed by atoms with van der Waals surface area (Å²) in [4.78, 5) is 7.08. The van der Waals surface area contributed by atoms with Crippen LogP contribution in [0.5, 0.6) is 17.2 Å². The van der Waals surface area contributed by atoms with Crippen LogP contribution in [0.4, 0.5) is 0 Å². The van der Waals surface area contributed by atoms with Crippen molar-refractivity contribution >= 4 is 0 Å². The van der Waals surface area contributed by atoms with Gasteiger partial charge in [0.15, 0.2) is 11.5 Å². The van der Waals surface area contributed by atoms with E-state index in [9.17, 15) is 0 Å². The van der Waals surface area contributed by atoms with E-state index in [2.05, 4.69) is 14.5 Å². The van der Waals surface area contributed by atoms with Crippen LogP contribution in [0.15, 0.2) is 24.5 Å². The van der Waals surface area contributed by atoms with Crippen LogP contribution in [0.3, 0.4) is 0 Å². The number of likely N-dealkylation sites (tertiary alicyclic amines) is 1. The molecule has 0 saturated carbocycles. The molecular formula is C19H27N3O3. The predicted molar refractivity (Wildman–Crippen MR) is 97.6 cm³/mol. The number of imidazole rings is 1. The third-order valence-corrected chi connectivity index (χ3v) is 4.77. The normalized spacial score (nSPS) is 15.2. The van der Waals surface area contributed by atoms with Crippen LogP contribution in [-0.2, 0) is 6.54 Å². The fourth-order valence-corrected chi connectivity index (χ4v) is 3.44. The minimum Gasteiger partial charge on any atom is -0.493 e. The second kappa shape index (κ2) is 8.25. The molecular weight excluding hydrogens is 318 g/mol. The van der Waals surface area contributed by atoms with Gasteiger partial charge in [-0.25, -0.2) is 4.98 Å². The van der Waals surface area contributed by atoms with Gasteiger partial charge >= 0.3 is 0 Å². The van der Waals surface area contributed by atoms with E-state index >= 15 is 0 Å². The molecule has 25 heavy (non-hydrogen) atoms. The topological polar surface area (TPSA) is 48.8 Å². The summed E-state index contributed by atoms with van der Waals surface area (Å²) < 4.78 is 18.7. The van der Waals surface area contributed by atoms with Crippen LogP contribution in [0.25, 0.3) is 11.4 Å². The predicted octanol–water partition coefficient (Wildman–Crippen LogP) is 3.06. The van der Waals surface area contributed by atoms with Crippen molar-refractivity contribution < 1.29 is 14.2 Å². The Hall–Kier alpha value is -2.21. The Balaban J connectivity index is 1.86. The first-order chi connectivity index (χ1) is 12.3. The highest BCUT2D eigenvalue weighted by molar-refractivity contribution is 5.72. The molecule has 136 valence electrons. The number of ether oxygens (including phenoxy) is 3. The summed E-state index contributed by atoms with van der Waals surface area (Å²) in [5, 5.41) is 0. The molecule has 6 nitrogen and oxygen atoms in total. The molecule has 0 aliphatic carbocycles. The SMILES string of the molecule is COc1ccc(-c2nccn2CCN2CCCCC2)c(OC)c1OC. The molecule has 0 N–H and O–H groups in total. The van der Waals surface area contributed by atoms with Crippen LogP contribution < -0.4 is 14.2 Å². The first kappa shape index (κ1) is 17.6. The number of rotatable bonds is 7. The summed E-state index contributed by atoms with van der Waals surface area (Å²) in [6.45, 7) is 4.35. The average Bonchev–Trinajstić information content (AvgIpc) is 3.14. The van der Waals surface area contributed by atoms with Crippen molar-refractivity contribution in [2.45, 2.75) is 25.8 Å². The van der Waals surface area contributed by atoms with Gasteiger partial charge in [0, 0.05) is 25.5 Å². The van der Waals surface area contributed by atoms with E-state index in [1.807, 2.05) is 24.5 Å². The Kier molecular flexibility index (Phi) is 5.81. The molecule has 1 aromatic heterocycles. The van der Waals surface area contributed by atoms with Crippen LogP contribution in [0.1, 0.15) is 19.3 Å². The zero-order valence-corrected chi connectivity index (χ0v) is 15.3. The number of benzene rings is 1. The number of aromatic nitrogens is 2. The number of hydrogen-bond donors (Lipinski definition) is 0. The van der Waals surface area contributed by atoms with Gasteiger partial charge in [-0.2, -0.15) is 0 Å². The van der Waals surface area contributed by atoms with E-state index in [0.29, 0.717) is 17.2 Å². The van der Waals surface area contributed by atoms with E-state index in [-0.39, 0.29) is 0 Å². The smallest absolute Gasteiger partial charge is 0.204 e. The minimum absolute atomic E-state index is 0.591. The monoisotopic (exact) mass is 345 g/mol. The fraction of sp³-hybridized carbons (Fsp3) is 0.526. The summed E-state index contributed by atoms with van der Waals surface area (Å²) in [5.74, 6) is 2.77. The van der Waals surface area contributed by atoms with Gasteiger partial charge < -0.3 is 23.7 Å². The summed E-state index contributed by atoms with van der Waals surface area (Å²) >= 11 is 0. The third kappa shape index (κ3) is 3.74. The standard InChI is InChI=1S/C19H27N3O3/c1-23-16-8-7-15(17(24-2)18(16)25-3)19-20-9-12-22(19)14-13-21-10-5-4-6-11-21/h7-9,12H,4-6,10-11,13-14H2,1-3H3. The lowest BCUT2D eigenvalue weighted by atomic mass is 10.1. The van der Waals surface area contributed by atoms with E-state index in [4.69, 9.17) is 14.2 Å². The number of piperidine rings is 1. The average molecular weight is 345 g/mol. The van der Waals surface area contributed by atoms with Gasteiger partial charge in [0.25, 0.3) is 0 Å². The van der Waals surface area contributed by atoms with Gasteiger partial charge in [-0.3, -0.25) is 0 Å². The molecule has 0 radical (unpaired) electrons. The van der Waals surface area contributed by atoms with Gasteiger partial charge in [0.2, 0.25) is 5.75 Å². The summed E-state index contributed by atoms with van der Waals surface area (Å²) in [5.41, 5.74) is 0.906. The maximum absolute atomic E-state index is 5.61. The molecule has 6 heteroatoms. The molecule has 3 rings (SSSR count). The van der Waals surface area contributed by atoms with Gasteiger partial charge in [0.05, 0.1) is 26.9 Å². The second-order valence-corrected chi connectivity index (χ2v) is 6.23. The lowest BCUT2D eigenvalue weighted by Gasteiger charge is -2.26. The lowest BCUT2D eigenvalue weighted by molar-refractivity contribution is 0.221. The lowest BCUT2D eigenvalue weighted by Crippen LogP contribution is -2.32. The molecule has 2 aromatic rings. The summed E-state index contributed by atoms with van der Waals surface area (Å²) in [6.07, 6.45) is 7.83. The Morgan fingerprint density at radius 2 is 1.68 bits per heavy atom. The number of hydrogen-bond acceptors (Lipinski definition) is 5. The Labute approximate surface area is 149 Å². The molecule has 0 atom stereocenters. The molecule has 2 heterocycles. The molecule has 0 amide bonds. The van der Waals surface area contributed by atoms with Crippen molar-refractivity contribution in [3.05, 3.63) is 24.5 Å². The van der Waals surface area contributed by atoms with Crippen LogP contribution in [0.2, 0.25) is 0 Å². The highest BCUT2D eigenvalue weighted by Crippen LogP contribution is 2.43. The first-order valence-corrected chi connectivity index (χ1v) is 8.81. The molecule has 0 spiro atoms. The Morgan fingerprint density at radius 3 is 2.36 bits per heavy atom. The van der Waals surface area contributed by atoms with E-state index in [1.54, 1.807) is 21.3 Å². The van der Waals surface area contributed by atoms with E-state index in [0.717, 1.165) is 24.5 Å². The Bertz CT molecular complexity index is 693. The van der Waals surface area contributed by atoms with Crippen molar-refractivity contribution in [1.29, 1.82) is 0 Å². The van der Waals surface area contributed by atoms with E-state index < -0.39 is 0 Å². The number of nitrogens with zero attached hydrogens (tertiary/aromatic N) is 3. The Morgan fingerprint density at radius 1 is 0.920 bits per heavy atom. The van der Waals surface area contributed by atoms with Crippen molar-refractivity contribution in [2.75, 3.05) is 41.0 Å². The highest BCUT2D eigenvalue weighted by atomic mass is 16.5. The van der Waals surface area contributed by atoms with E-state index in [1.165, 1.54) is 32.4 Å².